The minimum absolute atomic E-state index is 0.339. The molecule has 0 saturated carbocycles. The lowest BCUT2D eigenvalue weighted by Crippen LogP contribution is -2.16. The van der Waals surface area contributed by atoms with E-state index in [-0.39, 0.29) is 0 Å². The molecule has 9 nitrogen and oxygen atoms in total. The highest BCUT2D eigenvalue weighted by Crippen LogP contribution is 2.24. The third-order valence-corrected chi connectivity index (χ3v) is 4.57. The molecular weight excluding hydrogens is 386 g/mol. The molecule has 0 bridgehead atoms. The zero-order valence-electron chi connectivity index (χ0n) is 15.8. The van der Waals surface area contributed by atoms with Crippen LogP contribution in [0.3, 0.4) is 0 Å². The van der Waals surface area contributed by atoms with E-state index in [1.54, 1.807) is 49.3 Å². The van der Waals surface area contributed by atoms with E-state index in [1.807, 2.05) is 28.8 Å². The standard InChI is InChI=1S/C21H17N5O4/c27-24-18-12-21(19-10-15-2-1-6-25(15)14-23-19)30-20-4-3-16(11-17(18)20)28-8-9-29-26-7-5-22-13-26/h1-7,10-14,27H,8-9H2. The number of nitrogens with zero attached hydrogens (tertiary/aromatic N) is 5. The number of rotatable bonds is 6. The van der Waals surface area contributed by atoms with Gasteiger partial charge in [-0.15, -0.1) is 0 Å². The van der Waals surface area contributed by atoms with Crippen LogP contribution >= 0.6 is 0 Å². The Balaban J connectivity index is 1.40. The lowest BCUT2D eigenvalue weighted by atomic mass is 10.2. The van der Waals surface area contributed by atoms with E-state index in [9.17, 15) is 5.21 Å². The number of hydrogen-bond donors (Lipinski definition) is 1. The predicted octanol–water partition coefficient (Wildman–Crippen LogP) is 2.74. The summed E-state index contributed by atoms with van der Waals surface area (Å²) < 4.78 is 15.2. The highest BCUT2D eigenvalue weighted by Gasteiger charge is 2.10. The Bertz CT molecular complexity index is 1370. The van der Waals surface area contributed by atoms with Gasteiger partial charge in [0.15, 0.2) is 5.76 Å². The minimum atomic E-state index is 0.339. The largest absolute Gasteiger partial charge is 0.490 e. The fourth-order valence-corrected chi connectivity index (χ4v) is 3.14. The molecule has 0 saturated heterocycles. The number of benzene rings is 1. The van der Waals surface area contributed by atoms with Crippen molar-refractivity contribution < 1.29 is 19.2 Å². The van der Waals surface area contributed by atoms with Crippen molar-refractivity contribution in [3.05, 3.63) is 79.1 Å². The van der Waals surface area contributed by atoms with E-state index in [4.69, 9.17) is 14.0 Å². The first-order chi connectivity index (χ1) is 14.8. The lowest BCUT2D eigenvalue weighted by molar-refractivity contribution is 0.0819. The highest BCUT2D eigenvalue weighted by molar-refractivity contribution is 5.80. The number of hydrogen-bond acceptors (Lipinski definition) is 7. The number of fused-ring (bicyclic) bond motifs is 2. The summed E-state index contributed by atoms with van der Waals surface area (Å²) in [6.45, 7) is 0.689. The molecule has 1 N–H and O–H groups in total. The second-order valence-corrected chi connectivity index (χ2v) is 6.47. The van der Waals surface area contributed by atoms with Crippen molar-refractivity contribution in [2.45, 2.75) is 0 Å². The summed E-state index contributed by atoms with van der Waals surface area (Å²) in [5.74, 6) is 1.11. The molecule has 0 fully saturated rings. The Labute approximate surface area is 170 Å². The first-order valence-corrected chi connectivity index (χ1v) is 9.23. The minimum Gasteiger partial charge on any atom is -0.490 e. The van der Waals surface area contributed by atoms with Gasteiger partial charge in [-0.25, -0.2) is 9.97 Å². The van der Waals surface area contributed by atoms with E-state index < -0.39 is 0 Å². The summed E-state index contributed by atoms with van der Waals surface area (Å²) in [7, 11) is 0. The smallest absolute Gasteiger partial charge is 0.155 e. The monoisotopic (exact) mass is 403 g/mol. The maximum Gasteiger partial charge on any atom is 0.155 e. The van der Waals surface area contributed by atoms with Crippen LogP contribution in [-0.4, -0.2) is 37.5 Å². The summed E-state index contributed by atoms with van der Waals surface area (Å²) >= 11 is 0. The molecule has 150 valence electrons. The molecule has 0 aliphatic heterocycles. The van der Waals surface area contributed by atoms with Gasteiger partial charge in [0.25, 0.3) is 0 Å². The second-order valence-electron chi connectivity index (χ2n) is 6.47. The summed E-state index contributed by atoms with van der Waals surface area (Å²) in [5, 5.41) is 14.0. The highest BCUT2D eigenvalue weighted by atomic mass is 16.7. The number of imidazole rings is 1. The molecule has 4 aromatic heterocycles. The second kappa shape index (κ2) is 7.63. The van der Waals surface area contributed by atoms with E-state index in [0.29, 0.717) is 46.7 Å². The number of ether oxygens (including phenoxy) is 1. The van der Waals surface area contributed by atoms with Crippen LogP contribution in [0.2, 0.25) is 0 Å². The Morgan fingerprint density at radius 3 is 2.90 bits per heavy atom. The molecule has 0 amide bonds. The SMILES string of the molecule is ON=c1cc(-c2cc3cccn3cn2)oc2ccc(OCCOn3ccnc3)cc12. The maximum atomic E-state index is 9.55. The van der Waals surface area contributed by atoms with Gasteiger partial charge in [-0.3, -0.25) is 0 Å². The van der Waals surface area contributed by atoms with Crippen molar-refractivity contribution in [2.75, 3.05) is 13.2 Å². The molecule has 0 unspecified atom stereocenters. The molecule has 5 aromatic rings. The van der Waals surface area contributed by atoms with Crippen LogP contribution in [-0.2, 0) is 0 Å². The van der Waals surface area contributed by atoms with Crippen LogP contribution in [0.15, 0.2) is 83.3 Å². The average molecular weight is 403 g/mol. The fourth-order valence-electron chi connectivity index (χ4n) is 3.14. The Morgan fingerprint density at radius 1 is 1.07 bits per heavy atom. The van der Waals surface area contributed by atoms with Gasteiger partial charge < -0.3 is 23.6 Å². The van der Waals surface area contributed by atoms with Crippen molar-refractivity contribution in [2.24, 2.45) is 5.16 Å². The summed E-state index contributed by atoms with van der Waals surface area (Å²) in [4.78, 5) is 13.8. The van der Waals surface area contributed by atoms with Gasteiger partial charge in [0.05, 0.1) is 17.9 Å². The molecule has 0 spiro atoms. The van der Waals surface area contributed by atoms with Crippen LogP contribution in [0.4, 0.5) is 0 Å². The van der Waals surface area contributed by atoms with Crippen molar-refractivity contribution in [3.63, 3.8) is 0 Å². The summed E-state index contributed by atoms with van der Waals surface area (Å²) in [6, 6.07) is 12.8. The van der Waals surface area contributed by atoms with Crippen LogP contribution in [0.5, 0.6) is 5.75 Å². The van der Waals surface area contributed by atoms with E-state index >= 15 is 0 Å². The molecule has 5 rings (SSSR count). The van der Waals surface area contributed by atoms with Gasteiger partial charge in [-0.2, -0.15) is 4.73 Å². The number of aromatic nitrogens is 4. The third kappa shape index (κ3) is 3.44. The van der Waals surface area contributed by atoms with Crippen molar-refractivity contribution >= 4 is 16.5 Å². The topological polar surface area (TPSA) is 99.3 Å². The maximum absolute atomic E-state index is 9.55. The van der Waals surface area contributed by atoms with Crippen molar-refractivity contribution in [1.82, 2.24) is 19.1 Å². The van der Waals surface area contributed by atoms with Gasteiger partial charge in [0, 0.05) is 24.0 Å². The first kappa shape index (κ1) is 17.8. The van der Waals surface area contributed by atoms with Crippen LogP contribution < -0.4 is 14.9 Å². The summed E-state index contributed by atoms with van der Waals surface area (Å²) in [5.41, 5.74) is 2.18. The molecule has 1 aromatic carbocycles. The molecule has 4 heterocycles. The molecule has 9 heteroatoms. The van der Waals surface area contributed by atoms with Gasteiger partial charge in [0.1, 0.15) is 41.9 Å². The van der Waals surface area contributed by atoms with E-state index in [1.165, 1.54) is 4.73 Å². The van der Waals surface area contributed by atoms with Gasteiger partial charge in [0.2, 0.25) is 0 Å². The Hall–Kier alpha value is -4.27. The molecule has 0 aliphatic rings. The van der Waals surface area contributed by atoms with E-state index in [0.717, 1.165) is 5.52 Å². The molecular formula is C21H17N5O4. The zero-order chi connectivity index (χ0) is 20.3. The molecule has 30 heavy (non-hydrogen) atoms. The quantitative estimate of drug-likeness (QED) is 0.266. The zero-order valence-corrected chi connectivity index (χ0v) is 15.8. The summed E-state index contributed by atoms with van der Waals surface area (Å²) in [6.07, 6.45) is 8.53. The van der Waals surface area contributed by atoms with E-state index in [2.05, 4.69) is 15.1 Å². The Morgan fingerprint density at radius 2 is 2.03 bits per heavy atom. The lowest BCUT2D eigenvalue weighted by Gasteiger charge is -2.09. The normalized spacial score (nSPS) is 11.9. The van der Waals surface area contributed by atoms with Gasteiger partial charge in [-0.1, -0.05) is 5.16 Å². The third-order valence-electron chi connectivity index (χ3n) is 4.57. The predicted molar refractivity (Wildman–Crippen MR) is 107 cm³/mol. The molecule has 0 radical (unpaired) electrons. The van der Waals surface area contributed by atoms with Crippen LogP contribution in [0, 0.1) is 0 Å². The van der Waals surface area contributed by atoms with Crippen molar-refractivity contribution in [1.29, 1.82) is 0 Å². The van der Waals surface area contributed by atoms with Gasteiger partial charge >= 0.3 is 0 Å². The molecule has 0 aliphatic carbocycles. The van der Waals surface area contributed by atoms with Crippen LogP contribution in [0.25, 0.3) is 27.9 Å². The van der Waals surface area contributed by atoms with Crippen molar-refractivity contribution in [3.8, 4) is 17.2 Å². The average Bonchev–Trinajstić information content (AvgIpc) is 3.47. The first-order valence-electron chi connectivity index (χ1n) is 9.23. The van der Waals surface area contributed by atoms with Crippen LogP contribution in [0.1, 0.15) is 0 Å². The van der Waals surface area contributed by atoms with Gasteiger partial charge in [-0.05, 0) is 36.4 Å². The fraction of sp³-hybridized carbons (Fsp3) is 0.0952. The Kier molecular flexibility index (Phi) is 4.53. The molecule has 0 atom stereocenters.